The quantitative estimate of drug-likeness (QED) is 0.533. The lowest BCUT2D eigenvalue weighted by molar-refractivity contribution is 0.483. The Morgan fingerprint density at radius 3 is 2.46 bits per heavy atom. The van der Waals surface area contributed by atoms with Gasteiger partial charge in [-0.3, -0.25) is 0 Å². The number of rotatable bonds is 4. The van der Waals surface area contributed by atoms with Crippen LogP contribution < -0.4 is 10.1 Å². The van der Waals surface area contributed by atoms with Gasteiger partial charge in [0.15, 0.2) is 0 Å². The zero-order valence-electron chi connectivity index (χ0n) is 13.1. The van der Waals surface area contributed by atoms with E-state index in [2.05, 4.69) is 22.2 Å². The number of anilines is 2. The highest BCUT2D eigenvalue weighted by Gasteiger charge is 2.08. The van der Waals surface area contributed by atoms with Crippen LogP contribution in [0.2, 0.25) is 0 Å². The third-order valence-electron chi connectivity index (χ3n) is 3.67. The zero-order valence-corrected chi connectivity index (χ0v) is 13.9. The SMILES string of the molecule is Cc1scc2ncnc(Nc3ccc(Oc4ccccc4)cc3)c12. The van der Waals surface area contributed by atoms with E-state index in [1.165, 1.54) is 4.88 Å². The molecule has 5 heteroatoms. The Labute approximate surface area is 143 Å². The number of fused-ring (bicyclic) bond motifs is 1. The molecule has 2 aromatic carbocycles. The highest BCUT2D eigenvalue weighted by molar-refractivity contribution is 7.11. The first-order chi connectivity index (χ1) is 11.8. The molecule has 0 aliphatic heterocycles. The predicted molar refractivity (Wildman–Crippen MR) is 98.4 cm³/mol. The first-order valence-electron chi connectivity index (χ1n) is 7.58. The van der Waals surface area contributed by atoms with E-state index in [4.69, 9.17) is 4.74 Å². The molecule has 0 atom stereocenters. The van der Waals surface area contributed by atoms with Gasteiger partial charge < -0.3 is 10.1 Å². The molecule has 1 N–H and O–H groups in total. The highest BCUT2D eigenvalue weighted by Crippen LogP contribution is 2.31. The van der Waals surface area contributed by atoms with Crippen molar-refractivity contribution in [3.8, 4) is 11.5 Å². The lowest BCUT2D eigenvalue weighted by Crippen LogP contribution is -1.95. The van der Waals surface area contributed by atoms with E-state index in [0.717, 1.165) is 33.9 Å². The van der Waals surface area contributed by atoms with Crippen molar-refractivity contribution in [1.82, 2.24) is 9.97 Å². The Morgan fingerprint density at radius 2 is 1.67 bits per heavy atom. The van der Waals surface area contributed by atoms with Crippen LogP contribution in [-0.2, 0) is 0 Å². The molecule has 4 rings (SSSR count). The number of nitrogens with zero attached hydrogens (tertiary/aromatic N) is 2. The van der Waals surface area contributed by atoms with Crippen molar-refractivity contribution in [1.29, 1.82) is 0 Å². The molecule has 2 heterocycles. The molecule has 0 amide bonds. The molecule has 0 radical (unpaired) electrons. The topological polar surface area (TPSA) is 47.0 Å². The van der Waals surface area contributed by atoms with Gasteiger partial charge in [0.1, 0.15) is 23.6 Å². The summed E-state index contributed by atoms with van der Waals surface area (Å²) in [7, 11) is 0. The molecule has 0 saturated heterocycles. The molecular weight excluding hydrogens is 318 g/mol. The largest absolute Gasteiger partial charge is 0.457 e. The predicted octanol–water partition coefficient (Wildman–Crippen LogP) is 5.54. The minimum atomic E-state index is 0.797. The number of aryl methyl sites for hydroxylation is 1. The van der Waals surface area contributed by atoms with Crippen LogP contribution in [0.5, 0.6) is 11.5 Å². The highest BCUT2D eigenvalue weighted by atomic mass is 32.1. The van der Waals surface area contributed by atoms with Gasteiger partial charge in [0.2, 0.25) is 0 Å². The maximum absolute atomic E-state index is 5.81. The maximum atomic E-state index is 5.81. The average molecular weight is 333 g/mol. The van der Waals surface area contributed by atoms with Crippen molar-refractivity contribution in [3.05, 3.63) is 71.2 Å². The smallest absolute Gasteiger partial charge is 0.142 e. The van der Waals surface area contributed by atoms with E-state index in [0.29, 0.717) is 0 Å². The lowest BCUT2D eigenvalue weighted by atomic mass is 10.2. The van der Waals surface area contributed by atoms with Crippen molar-refractivity contribution in [2.24, 2.45) is 0 Å². The summed E-state index contributed by atoms with van der Waals surface area (Å²) in [6, 6.07) is 17.6. The van der Waals surface area contributed by atoms with Gasteiger partial charge in [0.25, 0.3) is 0 Å². The van der Waals surface area contributed by atoms with Gasteiger partial charge in [-0.1, -0.05) is 18.2 Å². The zero-order chi connectivity index (χ0) is 16.4. The van der Waals surface area contributed by atoms with E-state index < -0.39 is 0 Å². The number of para-hydroxylation sites is 1. The van der Waals surface area contributed by atoms with Crippen LogP contribution in [0, 0.1) is 6.92 Å². The Kier molecular flexibility index (Phi) is 3.84. The van der Waals surface area contributed by atoms with Gasteiger partial charge in [-0.25, -0.2) is 9.97 Å². The summed E-state index contributed by atoms with van der Waals surface area (Å²) in [5, 5.41) is 6.49. The third kappa shape index (κ3) is 2.94. The van der Waals surface area contributed by atoms with E-state index in [1.54, 1.807) is 17.7 Å². The van der Waals surface area contributed by atoms with Crippen LogP contribution in [0.25, 0.3) is 10.9 Å². The number of benzene rings is 2. The Bertz CT molecular complexity index is 965. The Morgan fingerprint density at radius 1 is 0.917 bits per heavy atom. The second-order valence-electron chi connectivity index (χ2n) is 5.34. The average Bonchev–Trinajstić information content (AvgIpc) is 3.00. The summed E-state index contributed by atoms with van der Waals surface area (Å²) in [5.74, 6) is 2.45. The molecule has 4 aromatic rings. The first-order valence-corrected chi connectivity index (χ1v) is 8.46. The maximum Gasteiger partial charge on any atom is 0.142 e. The van der Waals surface area contributed by atoms with Crippen LogP contribution in [0.1, 0.15) is 4.88 Å². The standard InChI is InChI=1S/C19H15N3OS/c1-13-18-17(11-24-13)20-12-21-19(18)22-14-7-9-16(10-8-14)23-15-5-3-2-4-6-15/h2-12H,1H3,(H,20,21,22). The number of hydrogen-bond donors (Lipinski definition) is 1. The molecule has 2 aromatic heterocycles. The summed E-state index contributed by atoms with van der Waals surface area (Å²) in [6.07, 6.45) is 1.59. The van der Waals surface area contributed by atoms with Crippen molar-refractivity contribution in [3.63, 3.8) is 0 Å². The van der Waals surface area contributed by atoms with Gasteiger partial charge in [-0.15, -0.1) is 11.3 Å². The summed E-state index contributed by atoms with van der Waals surface area (Å²) in [6.45, 7) is 2.08. The number of aromatic nitrogens is 2. The molecule has 0 spiro atoms. The molecule has 0 bridgehead atoms. The molecule has 24 heavy (non-hydrogen) atoms. The summed E-state index contributed by atoms with van der Waals surface area (Å²) < 4.78 is 5.81. The molecule has 0 aliphatic rings. The Balaban J connectivity index is 1.56. The second-order valence-corrected chi connectivity index (χ2v) is 6.42. The monoisotopic (exact) mass is 333 g/mol. The normalized spacial score (nSPS) is 10.7. The number of nitrogens with one attached hydrogen (secondary N) is 1. The summed E-state index contributed by atoms with van der Waals surface area (Å²) in [4.78, 5) is 9.89. The fourth-order valence-electron chi connectivity index (χ4n) is 2.50. The number of hydrogen-bond acceptors (Lipinski definition) is 5. The first kappa shape index (κ1) is 14.7. The van der Waals surface area contributed by atoms with E-state index >= 15 is 0 Å². The van der Waals surface area contributed by atoms with Gasteiger partial charge in [0, 0.05) is 15.9 Å². The fourth-order valence-corrected chi connectivity index (χ4v) is 3.29. The number of ether oxygens (including phenoxy) is 1. The molecule has 0 unspecified atom stereocenters. The van der Waals surface area contributed by atoms with Crippen molar-refractivity contribution < 1.29 is 4.74 Å². The van der Waals surface area contributed by atoms with E-state index in [-0.39, 0.29) is 0 Å². The molecule has 0 saturated carbocycles. The molecule has 118 valence electrons. The minimum absolute atomic E-state index is 0.797. The Hall–Kier alpha value is -2.92. The van der Waals surface area contributed by atoms with Gasteiger partial charge in [-0.05, 0) is 43.3 Å². The molecule has 4 nitrogen and oxygen atoms in total. The summed E-state index contributed by atoms with van der Waals surface area (Å²) in [5.41, 5.74) is 1.93. The van der Waals surface area contributed by atoms with Crippen LogP contribution in [-0.4, -0.2) is 9.97 Å². The second kappa shape index (κ2) is 6.29. The van der Waals surface area contributed by atoms with Crippen molar-refractivity contribution >= 4 is 33.7 Å². The fraction of sp³-hybridized carbons (Fsp3) is 0.0526. The van der Waals surface area contributed by atoms with Crippen molar-refractivity contribution in [2.45, 2.75) is 6.92 Å². The number of thiophene rings is 1. The van der Waals surface area contributed by atoms with E-state index in [9.17, 15) is 0 Å². The lowest BCUT2D eigenvalue weighted by Gasteiger charge is -2.09. The molecule has 0 fully saturated rings. The third-order valence-corrected chi connectivity index (χ3v) is 4.57. The van der Waals surface area contributed by atoms with Gasteiger partial charge in [0.05, 0.1) is 10.9 Å². The minimum Gasteiger partial charge on any atom is -0.457 e. The summed E-state index contributed by atoms with van der Waals surface area (Å²) >= 11 is 1.68. The van der Waals surface area contributed by atoms with Crippen molar-refractivity contribution in [2.75, 3.05) is 5.32 Å². The van der Waals surface area contributed by atoms with Gasteiger partial charge in [-0.2, -0.15) is 0 Å². The van der Waals surface area contributed by atoms with Crippen LogP contribution in [0.15, 0.2) is 66.3 Å². The van der Waals surface area contributed by atoms with Crippen LogP contribution >= 0.6 is 11.3 Å². The van der Waals surface area contributed by atoms with E-state index in [1.807, 2.05) is 60.0 Å². The van der Waals surface area contributed by atoms with Crippen LogP contribution in [0.3, 0.4) is 0 Å². The van der Waals surface area contributed by atoms with Crippen LogP contribution in [0.4, 0.5) is 11.5 Å². The molecule has 0 aliphatic carbocycles. The molecular formula is C19H15N3OS. The van der Waals surface area contributed by atoms with Gasteiger partial charge >= 0.3 is 0 Å².